The summed E-state index contributed by atoms with van der Waals surface area (Å²) in [5.74, 6) is 0.382. The van der Waals surface area contributed by atoms with E-state index in [9.17, 15) is 9.90 Å². The average Bonchev–Trinajstić information content (AvgIpc) is 3.06. The van der Waals surface area contributed by atoms with Crippen molar-refractivity contribution < 1.29 is 19.4 Å². The molecule has 2 aromatic heterocycles. The number of methoxy groups -OCH3 is 2. The molecule has 0 aliphatic carbocycles. The molecule has 0 amide bonds. The van der Waals surface area contributed by atoms with Crippen LogP contribution in [-0.2, 0) is 0 Å². The fraction of sp³-hybridized carbons (Fsp3) is 0.133. The molecule has 0 aliphatic heterocycles. The van der Waals surface area contributed by atoms with Gasteiger partial charge in [0.1, 0.15) is 5.69 Å². The van der Waals surface area contributed by atoms with Crippen molar-refractivity contribution in [2.24, 2.45) is 0 Å². The topological polar surface area (TPSA) is 97.3 Å². The Morgan fingerprint density at radius 2 is 1.91 bits per heavy atom. The Morgan fingerprint density at radius 1 is 1.18 bits per heavy atom. The van der Waals surface area contributed by atoms with Gasteiger partial charge in [0, 0.05) is 23.8 Å². The van der Waals surface area contributed by atoms with Gasteiger partial charge in [-0.25, -0.2) is 14.8 Å². The van der Waals surface area contributed by atoms with Crippen molar-refractivity contribution in [2.45, 2.75) is 0 Å². The molecule has 2 heterocycles. The predicted molar refractivity (Wildman–Crippen MR) is 79.4 cm³/mol. The van der Waals surface area contributed by atoms with Crippen molar-refractivity contribution in [2.75, 3.05) is 14.2 Å². The van der Waals surface area contributed by atoms with E-state index >= 15 is 0 Å². The van der Waals surface area contributed by atoms with E-state index in [1.54, 1.807) is 24.5 Å². The summed E-state index contributed by atoms with van der Waals surface area (Å²) >= 11 is 0. The highest BCUT2D eigenvalue weighted by Gasteiger charge is 2.17. The number of nitrogens with one attached hydrogen (secondary N) is 1. The van der Waals surface area contributed by atoms with E-state index in [-0.39, 0.29) is 5.56 Å². The molecule has 3 aromatic rings. The molecule has 0 saturated heterocycles. The molecule has 22 heavy (non-hydrogen) atoms. The predicted octanol–water partition coefficient (Wildman–Crippen LogP) is 2.34. The lowest BCUT2D eigenvalue weighted by Gasteiger charge is -2.11. The van der Waals surface area contributed by atoms with Crippen molar-refractivity contribution in [3.63, 3.8) is 0 Å². The Balaban J connectivity index is 2.33. The van der Waals surface area contributed by atoms with Crippen LogP contribution in [0.3, 0.4) is 0 Å². The number of hydrogen-bond donors (Lipinski definition) is 2. The maximum Gasteiger partial charge on any atom is 0.336 e. The Labute approximate surface area is 125 Å². The minimum absolute atomic E-state index is 0.123. The molecule has 0 bridgehead atoms. The van der Waals surface area contributed by atoms with Gasteiger partial charge in [-0.1, -0.05) is 0 Å². The summed E-state index contributed by atoms with van der Waals surface area (Å²) in [4.78, 5) is 23.0. The smallest absolute Gasteiger partial charge is 0.336 e. The molecule has 0 unspecified atom stereocenters. The number of benzene rings is 1. The first-order valence-corrected chi connectivity index (χ1v) is 6.44. The van der Waals surface area contributed by atoms with Gasteiger partial charge in [-0.2, -0.15) is 0 Å². The molecule has 0 radical (unpaired) electrons. The second kappa shape index (κ2) is 5.36. The van der Waals surface area contributed by atoms with Crippen LogP contribution < -0.4 is 9.47 Å². The summed E-state index contributed by atoms with van der Waals surface area (Å²) in [7, 11) is 3.01. The number of imidazole rings is 1. The quantitative estimate of drug-likeness (QED) is 0.767. The van der Waals surface area contributed by atoms with Gasteiger partial charge in [0.2, 0.25) is 0 Å². The number of hydrogen-bond acceptors (Lipinski definition) is 5. The highest BCUT2D eigenvalue weighted by atomic mass is 16.5. The molecule has 7 nitrogen and oxygen atoms in total. The van der Waals surface area contributed by atoms with Gasteiger partial charge in [0.15, 0.2) is 17.3 Å². The average molecular weight is 299 g/mol. The molecule has 0 saturated carbocycles. The summed E-state index contributed by atoms with van der Waals surface area (Å²) < 4.78 is 10.5. The number of nitrogens with zero attached hydrogens (tertiary/aromatic N) is 2. The summed E-state index contributed by atoms with van der Waals surface area (Å²) in [6, 6.07) is 4.74. The first-order valence-electron chi connectivity index (χ1n) is 6.44. The third-order valence-electron chi connectivity index (χ3n) is 3.29. The Kier molecular flexibility index (Phi) is 3.38. The molecule has 0 aliphatic rings. The minimum atomic E-state index is -1.05. The molecule has 3 rings (SSSR count). The number of aromatic nitrogens is 3. The molecule has 0 spiro atoms. The van der Waals surface area contributed by atoms with Gasteiger partial charge < -0.3 is 19.6 Å². The lowest BCUT2D eigenvalue weighted by atomic mass is 10.1. The fourth-order valence-electron chi connectivity index (χ4n) is 2.26. The zero-order valence-corrected chi connectivity index (χ0v) is 12.0. The first-order chi connectivity index (χ1) is 10.6. The third-order valence-corrected chi connectivity index (χ3v) is 3.29. The van der Waals surface area contributed by atoms with Gasteiger partial charge in [-0.15, -0.1) is 0 Å². The number of ether oxygens (including phenoxy) is 2. The number of fused-ring (bicyclic) bond motifs is 1. The Hall–Kier alpha value is -3.09. The lowest BCUT2D eigenvalue weighted by molar-refractivity contribution is 0.0699. The summed E-state index contributed by atoms with van der Waals surface area (Å²) in [6.45, 7) is 0. The molecule has 1 aromatic carbocycles. The molecule has 0 atom stereocenters. The summed E-state index contributed by atoms with van der Waals surface area (Å²) in [5.41, 5.74) is 1.06. The number of pyridine rings is 1. The van der Waals surface area contributed by atoms with Crippen LogP contribution in [0, 0.1) is 0 Å². The normalized spacial score (nSPS) is 10.6. The van der Waals surface area contributed by atoms with E-state index in [1.165, 1.54) is 20.3 Å². The molecular weight excluding hydrogens is 286 g/mol. The zero-order valence-electron chi connectivity index (χ0n) is 12.0. The van der Waals surface area contributed by atoms with Crippen LogP contribution in [0.5, 0.6) is 11.5 Å². The largest absolute Gasteiger partial charge is 0.493 e. The summed E-state index contributed by atoms with van der Waals surface area (Å²) in [6.07, 6.45) is 3.23. The maximum atomic E-state index is 11.6. The van der Waals surface area contributed by atoms with Gasteiger partial charge in [0.05, 0.1) is 25.3 Å². The maximum absolute atomic E-state index is 11.6. The van der Waals surface area contributed by atoms with Crippen molar-refractivity contribution in [3.05, 3.63) is 36.2 Å². The Bertz CT molecular complexity index is 844. The van der Waals surface area contributed by atoms with Gasteiger partial charge in [-0.3, -0.25) is 0 Å². The number of carbonyl (C=O) groups is 1. The van der Waals surface area contributed by atoms with Gasteiger partial charge in [-0.05, 0) is 12.1 Å². The van der Waals surface area contributed by atoms with E-state index in [0.29, 0.717) is 33.9 Å². The lowest BCUT2D eigenvalue weighted by Crippen LogP contribution is -2.02. The molecule has 7 heteroatoms. The zero-order chi connectivity index (χ0) is 15.7. The number of aromatic carboxylic acids is 1. The van der Waals surface area contributed by atoms with Crippen LogP contribution in [-0.4, -0.2) is 40.2 Å². The highest BCUT2D eigenvalue weighted by molar-refractivity contribution is 6.04. The first kappa shape index (κ1) is 13.9. The third kappa shape index (κ3) is 2.22. The number of aromatic amines is 1. The van der Waals surface area contributed by atoms with Crippen molar-refractivity contribution in [1.29, 1.82) is 0 Å². The molecule has 2 N–H and O–H groups in total. The van der Waals surface area contributed by atoms with E-state index < -0.39 is 5.97 Å². The van der Waals surface area contributed by atoms with Crippen LogP contribution in [0.25, 0.3) is 22.4 Å². The number of carboxylic acids is 1. The van der Waals surface area contributed by atoms with Crippen LogP contribution in [0.15, 0.2) is 30.6 Å². The Morgan fingerprint density at radius 3 is 2.50 bits per heavy atom. The van der Waals surface area contributed by atoms with Crippen molar-refractivity contribution in [3.8, 4) is 23.0 Å². The SMILES string of the molecule is COc1cc2nc(-c3ncc[nH]3)cc(C(=O)O)c2cc1OC. The number of rotatable bonds is 4. The van der Waals surface area contributed by atoms with Crippen LogP contribution >= 0.6 is 0 Å². The van der Waals surface area contributed by atoms with Crippen molar-refractivity contribution >= 4 is 16.9 Å². The second-order valence-corrected chi connectivity index (χ2v) is 4.52. The molecule has 112 valence electrons. The standard InChI is InChI=1S/C15H13N3O4/c1-21-12-6-8-9(15(19)20)5-11(14-16-3-4-17-14)18-10(8)7-13(12)22-2/h3-7H,1-2H3,(H,16,17)(H,19,20). The van der Waals surface area contributed by atoms with Crippen LogP contribution in [0.2, 0.25) is 0 Å². The van der Waals surface area contributed by atoms with Crippen LogP contribution in [0.1, 0.15) is 10.4 Å². The van der Waals surface area contributed by atoms with E-state index in [2.05, 4.69) is 15.0 Å². The fourth-order valence-corrected chi connectivity index (χ4v) is 2.26. The van der Waals surface area contributed by atoms with Gasteiger partial charge in [0.25, 0.3) is 0 Å². The van der Waals surface area contributed by atoms with E-state index in [4.69, 9.17) is 9.47 Å². The monoisotopic (exact) mass is 299 g/mol. The van der Waals surface area contributed by atoms with Gasteiger partial charge >= 0.3 is 5.97 Å². The minimum Gasteiger partial charge on any atom is -0.493 e. The van der Waals surface area contributed by atoms with Crippen molar-refractivity contribution in [1.82, 2.24) is 15.0 Å². The van der Waals surface area contributed by atoms with E-state index in [1.807, 2.05) is 0 Å². The van der Waals surface area contributed by atoms with Crippen LogP contribution in [0.4, 0.5) is 0 Å². The molecular formula is C15H13N3O4. The highest BCUT2D eigenvalue weighted by Crippen LogP contribution is 2.34. The van der Waals surface area contributed by atoms with E-state index in [0.717, 1.165) is 0 Å². The second-order valence-electron chi connectivity index (χ2n) is 4.52. The summed E-state index contributed by atoms with van der Waals surface area (Å²) in [5, 5.41) is 9.94. The number of carboxylic acid groups (broad SMARTS) is 1. The molecule has 0 fully saturated rings. The number of H-pyrrole nitrogens is 1.